The van der Waals surface area contributed by atoms with Crippen molar-refractivity contribution in [2.24, 2.45) is 29.6 Å². The molecule has 4 heteroatoms. The summed E-state index contributed by atoms with van der Waals surface area (Å²) in [5.74, 6) is 3.29. The first-order valence-electron chi connectivity index (χ1n) is 7.86. The van der Waals surface area contributed by atoms with Crippen LogP contribution in [0.2, 0.25) is 10.0 Å². The molecule has 1 amide bonds. The van der Waals surface area contributed by atoms with Gasteiger partial charge in [-0.05, 0) is 74.0 Å². The first-order valence-corrected chi connectivity index (χ1v) is 8.61. The van der Waals surface area contributed by atoms with Gasteiger partial charge in [0.25, 0.3) is 0 Å². The van der Waals surface area contributed by atoms with E-state index in [-0.39, 0.29) is 11.8 Å². The third-order valence-corrected chi connectivity index (χ3v) is 6.27. The van der Waals surface area contributed by atoms with Gasteiger partial charge in [0.05, 0.1) is 10.7 Å². The van der Waals surface area contributed by atoms with Crippen LogP contribution in [0.3, 0.4) is 0 Å². The predicted molar refractivity (Wildman–Crippen MR) is 85.6 cm³/mol. The Morgan fingerprint density at radius 1 is 1.00 bits per heavy atom. The number of carbonyl (C=O) groups is 1. The highest BCUT2D eigenvalue weighted by molar-refractivity contribution is 6.36. The zero-order chi connectivity index (χ0) is 14.6. The van der Waals surface area contributed by atoms with Gasteiger partial charge in [0.15, 0.2) is 0 Å². The van der Waals surface area contributed by atoms with Gasteiger partial charge in [0.2, 0.25) is 5.91 Å². The molecule has 4 bridgehead atoms. The summed E-state index contributed by atoms with van der Waals surface area (Å²) >= 11 is 12.1. The van der Waals surface area contributed by atoms with Gasteiger partial charge in [-0.2, -0.15) is 0 Å². The van der Waals surface area contributed by atoms with E-state index in [2.05, 4.69) is 5.32 Å². The van der Waals surface area contributed by atoms with E-state index in [1.165, 1.54) is 32.1 Å². The Bertz CT molecular complexity index is 558. The summed E-state index contributed by atoms with van der Waals surface area (Å²) in [6.45, 7) is 0. The van der Waals surface area contributed by atoms with Gasteiger partial charge < -0.3 is 5.32 Å². The summed E-state index contributed by atoms with van der Waals surface area (Å²) < 4.78 is 0. The zero-order valence-electron chi connectivity index (χ0n) is 11.8. The minimum absolute atomic E-state index is 0.160. The van der Waals surface area contributed by atoms with Crippen LogP contribution in [0.15, 0.2) is 18.2 Å². The Kier molecular flexibility index (Phi) is 3.42. The fraction of sp³-hybridized carbons (Fsp3) is 0.588. The molecule has 4 fully saturated rings. The Balaban J connectivity index is 1.52. The van der Waals surface area contributed by atoms with E-state index >= 15 is 0 Å². The molecule has 0 spiro atoms. The van der Waals surface area contributed by atoms with E-state index in [1.54, 1.807) is 18.2 Å². The van der Waals surface area contributed by atoms with Gasteiger partial charge in [-0.25, -0.2) is 0 Å². The molecule has 0 saturated heterocycles. The van der Waals surface area contributed by atoms with Crippen LogP contribution in [0.5, 0.6) is 0 Å². The van der Waals surface area contributed by atoms with Crippen LogP contribution in [0.1, 0.15) is 32.1 Å². The number of hydrogen-bond acceptors (Lipinski definition) is 1. The number of rotatable bonds is 2. The molecule has 2 nitrogen and oxygen atoms in total. The molecule has 4 aliphatic carbocycles. The van der Waals surface area contributed by atoms with E-state index < -0.39 is 0 Å². The van der Waals surface area contributed by atoms with Crippen molar-refractivity contribution in [1.82, 2.24) is 0 Å². The Labute approximate surface area is 135 Å². The van der Waals surface area contributed by atoms with E-state index in [0.717, 1.165) is 11.8 Å². The number of carbonyl (C=O) groups excluding carboxylic acids is 1. The predicted octanol–water partition coefficient (Wildman–Crippen LogP) is 5.00. The van der Waals surface area contributed by atoms with Crippen molar-refractivity contribution >= 4 is 34.8 Å². The number of halogens is 2. The molecule has 1 N–H and O–H groups in total. The highest BCUT2D eigenvalue weighted by atomic mass is 35.5. The summed E-state index contributed by atoms with van der Waals surface area (Å²) in [5, 5.41) is 4.14. The summed E-state index contributed by atoms with van der Waals surface area (Å²) in [6, 6.07) is 5.23. The molecule has 1 aromatic carbocycles. The molecule has 0 heterocycles. The molecule has 0 atom stereocenters. The van der Waals surface area contributed by atoms with E-state index in [4.69, 9.17) is 23.2 Å². The Morgan fingerprint density at radius 2 is 1.62 bits per heavy atom. The average molecular weight is 324 g/mol. The Hall–Kier alpha value is -0.730. The van der Waals surface area contributed by atoms with Crippen LogP contribution in [0, 0.1) is 29.6 Å². The third-order valence-electron chi connectivity index (χ3n) is 5.72. The Morgan fingerprint density at radius 3 is 2.19 bits per heavy atom. The van der Waals surface area contributed by atoms with E-state index in [9.17, 15) is 4.79 Å². The van der Waals surface area contributed by atoms with Crippen molar-refractivity contribution in [1.29, 1.82) is 0 Å². The molecular weight excluding hydrogens is 305 g/mol. The summed E-state index contributed by atoms with van der Waals surface area (Å²) in [5.41, 5.74) is 0.680. The van der Waals surface area contributed by atoms with Crippen LogP contribution in [-0.4, -0.2) is 5.91 Å². The van der Waals surface area contributed by atoms with E-state index in [0.29, 0.717) is 27.6 Å². The topological polar surface area (TPSA) is 29.1 Å². The second kappa shape index (κ2) is 5.17. The lowest BCUT2D eigenvalue weighted by molar-refractivity contribution is -0.132. The van der Waals surface area contributed by atoms with Crippen LogP contribution >= 0.6 is 23.2 Å². The molecule has 0 aliphatic heterocycles. The van der Waals surface area contributed by atoms with Crippen molar-refractivity contribution in [3.05, 3.63) is 28.2 Å². The van der Waals surface area contributed by atoms with Crippen LogP contribution in [-0.2, 0) is 4.79 Å². The molecule has 112 valence electrons. The highest BCUT2D eigenvalue weighted by Crippen LogP contribution is 2.56. The molecule has 4 saturated carbocycles. The lowest BCUT2D eigenvalue weighted by Gasteiger charge is -2.53. The molecule has 0 radical (unpaired) electrons. The highest BCUT2D eigenvalue weighted by Gasteiger charge is 2.50. The first kappa shape index (κ1) is 13.9. The quantitative estimate of drug-likeness (QED) is 0.814. The van der Waals surface area contributed by atoms with Gasteiger partial charge in [0, 0.05) is 10.9 Å². The summed E-state index contributed by atoms with van der Waals surface area (Å²) in [6.07, 6.45) is 6.40. The number of hydrogen-bond donors (Lipinski definition) is 1. The fourth-order valence-corrected chi connectivity index (χ4v) is 5.62. The SMILES string of the molecule is O=C(Nc1ccc(Cl)cc1Cl)C1C2CC3CC(C2)CC1C3. The number of nitrogens with one attached hydrogen (secondary N) is 1. The molecule has 5 rings (SSSR count). The maximum Gasteiger partial charge on any atom is 0.228 e. The van der Waals surface area contributed by atoms with Crippen LogP contribution in [0.25, 0.3) is 0 Å². The lowest BCUT2D eigenvalue weighted by Crippen LogP contribution is -2.49. The monoisotopic (exact) mass is 323 g/mol. The van der Waals surface area contributed by atoms with Crippen molar-refractivity contribution in [2.45, 2.75) is 32.1 Å². The minimum Gasteiger partial charge on any atom is -0.325 e. The summed E-state index contributed by atoms with van der Waals surface area (Å²) in [4.78, 5) is 12.7. The van der Waals surface area contributed by atoms with Gasteiger partial charge in [0.1, 0.15) is 0 Å². The van der Waals surface area contributed by atoms with Crippen molar-refractivity contribution in [3.63, 3.8) is 0 Å². The smallest absolute Gasteiger partial charge is 0.228 e. The van der Waals surface area contributed by atoms with Crippen LogP contribution in [0.4, 0.5) is 5.69 Å². The summed E-state index contributed by atoms with van der Waals surface area (Å²) in [7, 11) is 0. The molecule has 0 aromatic heterocycles. The lowest BCUT2D eigenvalue weighted by atomic mass is 9.51. The fourth-order valence-electron chi connectivity index (χ4n) is 5.16. The van der Waals surface area contributed by atoms with Crippen molar-refractivity contribution in [3.8, 4) is 0 Å². The van der Waals surface area contributed by atoms with Gasteiger partial charge in [-0.15, -0.1) is 0 Å². The van der Waals surface area contributed by atoms with Crippen LogP contribution < -0.4 is 5.32 Å². The maximum absolute atomic E-state index is 12.7. The normalized spacial score (nSPS) is 36.8. The standard InChI is InChI=1S/C17H19Cl2NO/c18-13-1-2-15(14(19)8-13)20-17(21)16-11-4-9-3-10(6-11)7-12(16)5-9/h1-2,8-12,16H,3-7H2,(H,20,21). The number of anilines is 1. The van der Waals surface area contributed by atoms with Crippen molar-refractivity contribution < 1.29 is 4.79 Å². The van der Waals surface area contributed by atoms with Gasteiger partial charge in [-0.3, -0.25) is 4.79 Å². The number of amides is 1. The largest absolute Gasteiger partial charge is 0.325 e. The van der Waals surface area contributed by atoms with Gasteiger partial charge in [-0.1, -0.05) is 23.2 Å². The maximum atomic E-state index is 12.7. The third kappa shape index (κ3) is 2.47. The molecular formula is C17H19Cl2NO. The minimum atomic E-state index is 0.160. The average Bonchev–Trinajstić information content (AvgIpc) is 2.40. The molecule has 21 heavy (non-hydrogen) atoms. The zero-order valence-corrected chi connectivity index (χ0v) is 13.3. The number of benzene rings is 1. The van der Waals surface area contributed by atoms with Gasteiger partial charge >= 0.3 is 0 Å². The second-order valence-corrected chi connectivity index (χ2v) is 7.91. The molecule has 4 aliphatic rings. The molecule has 1 aromatic rings. The second-order valence-electron chi connectivity index (χ2n) is 7.07. The molecule has 0 unspecified atom stereocenters. The van der Waals surface area contributed by atoms with E-state index in [1.807, 2.05) is 0 Å². The first-order chi connectivity index (χ1) is 10.1. The van der Waals surface area contributed by atoms with Crippen molar-refractivity contribution in [2.75, 3.05) is 5.32 Å².